The highest BCUT2D eigenvalue weighted by Gasteiger charge is 2.04. The largest absolute Gasteiger partial charge is 0.478 e. The molecule has 1 rings (SSSR count). The molecule has 0 aliphatic heterocycles. The van der Waals surface area contributed by atoms with Gasteiger partial charge in [-0.25, -0.2) is 4.79 Å². The maximum atomic E-state index is 10.7. The van der Waals surface area contributed by atoms with Crippen molar-refractivity contribution in [2.75, 3.05) is 20.1 Å². The molecule has 0 atom stereocenters. The summed E-state index contributed by atoms with van der Waals surface area (Å²) in [5, 5.41) is 11.5. The first-order valence-electron chi connectivity index (χ1n) is 5.74. The van der Waals surface area contributed by atoms with Crippen LogP contribution in [0.4, 0.5) is 0 Å². The molecule has 1 aromatic carbocycles. The number of carboxylic acids is 1. The van der Waals surface area contributed by atoms with Crippen molar-refractivity contribution in [3.8, 4) is 0 Å². The van der Waals surface area contributed by atoms with Gasteiger partial charge >= 0.3 is 5.97 Å². The standard InChI is InChI=1S/C13H18N2O3/c1-10(16)14-7-8-15(2)9-11-3-5-12(6-4-11)13(17)18/h3-6H,7-9H2,1-2H3,(H,14,16)(H,17,18). The average Bonchev–Trinajstić information content (AvgIpc) is 2.29. The zero-order valence-electron chi connectivity index (χ0n) is 10.6. The first kappa shape index (κ1) is 14.2. The van der Waals surface area contributed by atoms with Gasteiger partial charge in [-0.05, 0) is 24.7 Å². The molecule has 0 saturated heterocycles. The number of hydrogen-bond donors (Lipinski definition) is 2. The highest BCUT2D eigenvalue weighted by atomic mass is 16.4. The molecule has 0 saturated carbocycles. The van der Waals surface area contributed by atoms with Crippen LogP contribution in [0.2, 0.25) is 0 Å². The number of nitrogens with one attached hydrogen (secondary N) is 1. The van der Waals surface area contributed by atoms with Crippen LogP contribution in [0, 0.1) is 0 Å². The highest BCUT2D eigenvalue weighted by molar-refractivity contribution is 5.87. The Labute approximate surface area is 106 Å². The fourth-order valence-corrected chi connectivity index (χ4v) is 1.57. The Kier molecular flexibility index (Phi) is 5.32. The van der Waals surface area contributed by atoms with Crippen molar-refractivity contribution >= 4 is 11.9 Å². The molecule has 0 heterocycles. The van der Waals surface area contributed by atoms with Gasteiger partial charge in [0.2, 0.25) is 5.91 Å². The summed E-state index contributed by atoms with van der Waals surface area (Å²) < 4.78 is 0. The van der Waals surface area contributed by atoms with Crippen molar-refractivity contribution in [1.82, 2.24) is 10.2 Å². The normalized spacial score (nSPS) is 10.4. The number of hydrogen-bond acceptors (Lipinski definition) is 3. The lowest BCUT2D eigenvalue weighted by atomic mass is 10.1. The average molecular weight is 250 g/mol. The first-order valence-corrected chi connectivity index (χ1v) is 5.74. The molecular weight excluding hydrogens is 232 g/mol. The summed E-state index contributed by atoms with van der Waals surface area (Å²) in [6, 6.07) is 6.80. The van der Waals surface area contributed by atoms with Gasteiger partial charge in [0.15, 0.2) is 0 Å². The molecule has 0 spiro atoms. The van der Waals surface area contributed by atoms with Gasteiger partial charge in [0.25, 0.3) is 0 Å². The maximum absolute atomic E-state index is 10.7. The van der Waals surface area contributed by atoms with Crippen molar-refractivity contribution in [2.45, 2.75) is 13.5 Å². The van der Waals surface area contributed by atoms with Crippen molar-refractivity contribution in [3.63, 3.8) is 0 Å². The Morgan fingerprint density at radius 3 is 2.39 bits per heavy atom. The van der Waals surface area contributed by atoms with Gasteiger partial charge in [-0.15, -0.1) is 0 Å². The first-order chi connectivity index (χ1) is 8.49. The monoisotopic (exact) mass is 250 g/mol. The predicted molar refractivity (Wildman–Crippen MR) is 68.4 cm³/mol. The molecule has 0 aliphatic carbocycles. The van der Waals surface area contributed by atoms with Gasteiger partial charge in [-0.2, -0.15) is 0 Å². The van der Waals surface area contributed by atoms with Gasteiger partial charge in [-0.3, -0.25) is 4.79 Å². The molecule has 5 heteroatoms. The van der Waals surface area contributed by atoms with Gasteiger partial charge in [0.1, 0.15) is 0 Å². The lowest BCUT2D eigenvalue weighted by Gasteiger charge is -2.16. The number of nitrogens with zero attached hydrogens (tertiary/aromatic N) is 1. The molecule has 0 aromatic heterocycles. The third-order valence-electron chi connectivity index (χ3n) is 2.52. The zero-order chi connectivity index (χ0) is 13.5. The lowest BCUT2D eigenvalue weighted by molar-refractivity contribution is -0.119. The fraction of sp³-hybridized carbons (Fsp3) is 0.385. The number of carboxylic acid groups (broad SMARTS) is 1. The van der Waals surface area contributed by atoms with Crippen LogP contribution in [-0.2, 0) is 11.3 Å². The third-order valence-corrected chi connectivity index (χ3v) is 2.52. The van der Waals surface area contributed by atoms with Crippen LogP contribution in [0.1, 0.15) is 22.8 Å². The second-order valence-electron chi connectivity index (χ2n) is 4.22. The van der Waals surface area contributed by atoms with Crippen molar-refractivity contribution < 1.29 is 14.7 Å². The van der Waals surface area contributed by atoms with E-state index in [0.717, 1.165) is 18.7 Å². The van der Waals surface area contributed by atoms with E-state index < -0.39 is 5.97 Å². The number of benzene rings is 1. The molecule has 0 bridgehead atoms. The van der Waals surface area contributed by atoms with Crippen LogP contribution in [0.25, 0.3) is 0 Å². The summed E-state index contributed by atoms with van der Waals surface area (Å²) in [7, 11) is 1.95. The van der Waals surface area contributed by atoms with Crippen LogP contribution in [0.3, 0.4) is 0 Å². The summed E-state index contributed by atoms with van der Waals surface area (Å²) in [5.74, 6) is -0.949. The number of aromatic carboxylic acids is 1. The molecule has 0 unspecified atom stereocenters. The summed E-state index contributed by atoms with van der Waals surface area (Å²) in [5.41, 5.74) is 1.34. The van der Waals surface area contributed by atoms with Crippen LogP contribution >= 0.6 is 0 Å². The molecule has 0 aliphatic rings. The number of carbonyl (C=O) groups excluding carboxylic acids is 1. The Bertz CT molecular complexity index is 415. The predicted octanol–water partition coefficient (Wildman–Crippen LogP) is 0.953. The van der Waals surface area contributed by atoms with E-state index in [-0.39, 0.29) is 5.91 Å². The Balaban J connectivity index is 2.41. The molecule has 5 nitrogen and oxygen atoms in total. The minimum atomic E-state index is -0.916. The molecule has 98 valence electrons. The Morgan fingerprint density at radius 1 is 1.28 bits per heavy atom. The van der Waals surface area contributed by atoms with Gasteiger partial charge in [0.05, 0.1) is 5.56 Å². The molecular formula is C13H18N2O3. The third kappa shape index (κ3) is 4.97. The van der Waals surface area contributed by atoms with Crippen LogP contribution in [-0.4, -0.2) is 42.0 Å². The second-order valence-corrected chi connectivity index (χ2v) is 4.22. The summed E-state index contributed by atoms with van der Waals surface area (Å²) in [4.78, 5) is 23.4. The topological polar surface area (TPSA) is 69.6 Å². The van der Waals surface area contributed by atoms with E-state index in [0.29, 0.717) is 12.1 Å². The Morgan fingerprint density at radius 2 is 1.89 bits per heavy atom. The van der Waals surface area contributed by atoms with Gasteiger partial charge in [0, 0.05) is 26.6 Å². The molecule has 0 radical (unpaired) electrons. The van der Waals surface area contributed by atoms with Gasteiger partial charge in [-0.1, -0.05) is 12.1 Å². The number of carbonyl (C=O) groups is 2. The van der Waals surface area contributed by atoms with E-state index in [9.17, 15) is 9.59 Å². The van der Waals surface area contributed by atoms with E-state index in [1.165, 1.54) is 6.92 Å². The molecule has 1 aromatic rings. The number of amides is 1. The van der Waals surface area contributed by atoms with E-state index in [2.05, 4.69) is 10.2 Å². The molecule has 2 N–H and O–H groups in total. The van der Waals surface area contributed by atoms with Crippen LogP contribution < -0.4 is 5.32 Å². The molecule has 18 heavy (non-hydrogen) atoms. The minimum Gasteiger partial charge on any atom is -0.478 e. The summed E-state index contributed by atoms with van der Waals surface area (Å²) >= 11 is 0. The van der Waals surface area contributed by atoms with E-state index in [1.54, 1.807) is 24.3 Å². The minimum absolute atomic E-state index is 0.0331. The highest BCUT2D eigenvalue weighted by Crippen LogP contribution is 2.06. The SMILES string of the molecule is CC(=O)NCCN(C)Cc1ccc(C(=O)O)cc1. The lowest BCUT2D eigenvalue weighted by Crippen LogP contribution is -2.31. The Hall–Kier alpha value is -1.88. The van der Waals surface area contributed by atoms with Crippen LogP contribution in [0.15, 0.2) is 24.3 Å². The van der Waals surface area contributed by atoms with Crippen molar-refractivity contribution in [3.05, 3.63) is 35.4 Å². The van der Waals surface area contributed by atoms with E-state index in [4.69, 9.17) is 5.11 Å². The van der Waals surface area contributed by atoms with E-state index in [1.807, 2.05) is 7.05 Å². The summed E-state index contributed by atoms with van der Waals surface area (Å²) in [6.45, 7) is 3.57. The van der Waals surface area contributed by atoms with Crippen molar-refractivity contribution in [1.29, 1.82) is 0 Å². The van der Waals surface area contributed by atoms with Crippen molar-refractivity contribution in [2.24, 2.45) is 0 Å². The van der Waals surface area contributed by atoms with E-state index >= 15 is 0 Å². The smallest absolute Gasteiger partial charge is 0.335 e. The maximum Gasteiger partial charge on any atom is 0.335 e. The van der Waals surface area contributed by atoms with Gasteiger partial charge < -0.3 is 15.3 Å². The zero-order valence-corrected chi connectivity index (χ0v) is 10.6. The quantitative estimate of drug-likeness (QED) is 0.788. The summed E-state index contributed by atoms with van der Waals surface area (Å²) in [6.07, 6.45) is 0. The molecule has 0 fully saturated rings. The second kappa shape index (κ2) is 6.76. The number of likely N-dealkylation sites (N-methyl/N-ethyl adjacent to an activating group) is 1. The molecule has 1 amide bonds. The fourth-order valence-electron chi connectivity index (χ4n) is 1.57. The number of rotatable bonds is 6. The van der Waals surface area contributed by atoms with Crippen LogP contribution in [0.5, 0.6) is 0 Å².